The van der Waals surface area contributed by atoms with Crippen LogP contribution in [0.25, 0.3) is 0 Å². The van der Waals surface area contributed by atoms with Crippen LogP contribution in [0.4, 0.5) is 0 Å². The fraction of sp³-hybridized carbons (Fsp3) is 0.727. The van der Waals surface area contributed by atoms with Gasteiger partial charge in [0, 0.05) is 0 Å². The summed E-state index contributed by atoms with van der Waals surface area (Å²) in [6, 6.07) is 11.1. The molecule has 0 aromatic heterocycles. The predicted octanol–water partition coefficient (Wildman–Crippen LogP) is 7.80. The molecule has 0 heterocycles. The topological polar surface area (TPSA) is 0 Å². The third kappa shape index (κ3) is 9.70. The molecule has 0 aliphatic rings. The predicted molar refractivity (Wildman–Crippen MR) is 114 cm³/mol. The quantitative estimate of drug-likeness (QED) is 0.186. The average Bonchev–Trinajstić information content (AvgIpc) is 2.62. The van der Waals surface area contributed by atoms with E-state index in [9.17, 15) is 0 Å². The number of unbranched alkanes of at least 4 members (excludes halogenated alkanes) is 10. The molecule has 0 bridgehead atoms. The number of benzene rings is 1. The van der Waals surface area contributed by atoms with Crippen LogP contribution < -0.4 is 3.58 Å². The molecule has 0 atom stereocenters. The molecule has 0 aliphatic carbocycles. The van der Waals surface area contributed by atoms with Gasteiger partial charge in [-0.15, -0.1) is 0 Å². The zero-order valence-corrected chi connectivity index (χ0v) is 19.8. The van der Waals surface area contributed by atoms with Gasteiger partial charge in [-0.25, -0.2) is 0 Å². The summed E-state index contributed by atoms with van der Waals surface area (Å²) in [6.45, 7) is 4.58. The SMILES string of the molecule is CCCCCCC[CH2][Sn]([Cl])([CH2]CCCCCCC)[c]1ccccc1. The molecule has 0 saturated carbocycles. The van der Waals surface area contributed by atoms with Crippen LogP contribution in [-0.2, 0) is 0 Å². The third-order valence-corrected chi connectivity index (χ3v) is 19.6. The van der Waals surface area contributed by atoms with Crippen molar-refractivity contribution in [2.24, 2.45) is 0 Å². The second kappa shape index (κ2) is 14.5. The Labute approximate surface area is 159 Å². The van der Waals surface area contributed by atoms with Crippen molar-refractivity contribution in [3.05, 3.63) is 30.3 Å². The van der Waals surface area contributed by atoms with Gasteiger partial charge in [-0.3, -0.25) is 0 Å². The maximum absolute atomic E-state index is 7.35. The summed E-state index contributed by atoms with van der Waals surface area (Å²) in [5.74, 6) is 0. The molecular weight excluding hydrogens is 418 g/mol. The van der Waals surface area contributed by atoms with Crippen molar-refractivity contribution in [1.82, 2.24) is 0 Å². The van der Waals surface area contributed by atoms with Gasteiger partial charge in [0.2, 0.25) is 0 Å². The van der Waals surface area contributed by atoms with Crippen LogP contribution in [-0.4, -0.2) is 17.3 Å². The Morgan fingerprint density at radius 2 is 1.04 bits per heavy atom. The molecule has 1 aromatic carbocycles. The van der Waals surface area contributed by atoms with Gasteiger partial charge in [-0.2, -0.15) is 0 Å². The van der Waals surface area contributed by atoms with Gasteiger partial charge in [0.1, 0.15) is 0 Å². The molecular formula is C22H39ClSn. The fourth-order valence-corrected chi connectivity index (χ4v) is 15.4. The molecule has 0 N–H and O–H groups in total. The van der Waals surface area contributed by atoms with Gasteiger partial charge in [-0.05, 0) is 0 Å². The normalized spacial score (nSPS) is 11.8. The van der Waals surface area contributed by atoms with Crippen molar-refractivity contribution in [2.45, 2.75) is 99.8 Å². The van der Waals surface area contributed by atoms with E-state index in [1.54, 1.807) is 0 Å². The van der Waals surface area contributed by atoms with E-state index in [0.717, 1.165) is 0 Å². The van der Waals surface area contributed by atoms with Crippen LogP contribution in [0.15, 0.2) is 30.3 Å². The second-order valence-electron chi connectivity index (χ2n) is 7.37. The van der Waals surface area contributed by atoms with Gasteiger partial charge in [-0.1, -0.05) is 0 Å². The number of rotatable bonds is 15. The molecule has 1 aromatic rings. The molecule has 0 spiro atoms. The van der Waals surface area contributed by atoms with Crippen LogP contribution in [0.2, 0.25) is 8.87 Å². The molecule has 2 heteroatoms. The number of hydrogen-bond acceptors (Lipinski definition) is 0. The molecule has 0 radical (unpaired) electrons. The van der Waals surface area contributed by atoms with Crippen LogP contribution in [0.1, 0.15) is 90.9 Å². The molecule has 1 rings (SSSR count). The Balaban J connectivity index is 2.42. The second-order valence-corrected chi connectivity index (χ2v) is 22.2. The first-order valence-electron chi connectivity index (χ1n) is 10.5. The first-order valence-corrected chi connectivity index (χ1v) is 19.5. The van der Waals surface area contributed by atoms with Crippen molar-refractivity contribution >= 4 is 29.8 Å². The fourth-order valence-electron chi connectivity index (χ4n) is 3.52. The van der Waals surface area contributed by atoms with Crippen molar-refractivity contribution in [3.8, 4) is 0 Å². The van der Waals surface area contributed by atoms with E-state index in [1.807, 2.05) is 0 Å². The number of hydrogen-bond donors (Lipinski definition) is 0. The summed E-state index contributed by atoms with van der Waals surface area (Å²) >= 11 is -2.63. The van der Waals surface area contributed by atoms with E-state index in [-0.39, 0.29) is 0 Å². The summed E-state index contributed by atoms with van der Waals surface area (Å²) in [5, 5.41) is 0. The Hall–Kier alpha value is 0.309. The van der Waals surface area contributed by atoms with Crippen molar-refractivity contribution in [3.63, 3.8) is 0 Å². The summed E-state index contributed by atoms with van der Waals surface area (Å²) in [7, 11) is 7.35. The van der Waals surface area contributed by atoms with Gasteiger partial charge in [0.25, 0.3) is 0 Å². The van der Waals surface area contributed by atoms with Gasteiger partial charge in [0.05, 0.1) is 0 Å². The maximum atomic E-state index is 7.35. The minimum absolute atomic E-state index is 1.33. The Kier molecular flexibility index (Phi) is 13.5. The van der Waals surface area contributed by atoms with E-state index in [4.69, 9.17) is 8.92 Å². The minimum atomic E-state index is -2.63. The monoisotopic (exact) mass is 458 g/mol. The van der Waals surface area contributed by atoms with E-state index >= 15 is 0 Å². The van der Waals surface area contributed by atoms with Crippen molar-refractivity contribution in [2.75, 3.05) is 0 Å². The zero-order valence-electron chi connectivity index (χ0n) is 16.2. The molecule has 0 fully saturated rings. The first kappa shape index (κ1) is 22.3. The Bertz CT molecular complexity index is 374. The average molecular weight is 458 g/mol. The van der Waals surface area contributed by atoms with E-state index < -0.39 is 17.3 Å². The molecule has 0 aliphatic heterocycles. The Morgan fingerprint density at radius 3 is 1.50 bits per heavy atom. The van der Waals surface area contributed by atoms with Gasteiger partial charge < -0.3 is 0 Å². The summed E-state index contributed by atoms with van der Waals surface area (Å²) in [5.41, 5.74) is 0. The van der Waals surface area contributed by atoms with Crippen LogP contribution in [0, 0.1) is 0 Å². The molecule has 0 unspecified atom stereocenters. The Morgan fingerprint density at radius 1 is 0.625 bits per heavy atom. The summed E-state index contributed by atoms with van der Waals surface area (Å²) in [4.78, 5) is 0. The summed E-state index contributed by atoms with van der Waals surface area (Å²) in [6.07, 6.45) is 16.6. The van der Waals surface area contributed by atoms with Crippen molar-refractivity contribution in [1.29, 1.82) is 0 Å². The van der Waals surface area contributed by atoms with Gasteiger partial charge in [0.15, 0.2) is 0 Å². The van der Waals surface area contributed by atoms with Crippen molar-refractivity contribution < 1.29 is 0 Å². The molecule has 0 amide bonds. The third-order valence-electron chi connectivity index (χ3n) is 5.14. The van der Waals surface area contributed by atoms with E-state index in [2.05, 4.69) is 44.2 Å². The summed E-state index contributed by atoms with van der Waals surface area (Å²) < 4.78 is 4.21. The van der Waals surface area contributed by atoms with E-state index in [0.29, 0.717) is 0 Å². The van der Waals surface area contributed by atoms with Crippen LogP contribution in [0.3, 0.4) is 0 Å². The standard InChI is InChI=1S/2C8H17.C6H5.ClH.Sn/c2*1-3-5-7-8-6-4-2;1-2-4-6-5-3-1;;/h2*1,3-8H2,2H3;1-5H;1H;/q;;;;+1/p-1. The molecule has 0 saturated heterocycles. The van der Waals surface area contributed by atoms with Crippen LogP contribution >= 0.6 is 8.92 Å². The first-order chi connectivity index (χ1) is 11.7. The molecule has 138 valence electrons. The molecule has 24 heavy (non-hydrogen) atoms. The van der Waals surface area contributed by atoms with Gasteiger partial charge >= 0.3 is 160 Å². The zero-order chi connectivity index (χ0) is 17.5. The van der Waals surface area contributed by atoms with E-state index in [1.165, 1.54) is 89.5 Å². The van der Waals surface area contributed by atoms with Crippen LogP contribution in [0.5, 0.6) is 0 Å². The number of halogens is 1. The molecule has 0 nitrogen and oxygen atoms in total.